The summed E-state index contributed by atoms with van der Waals surface area (Å²) in [5.41, 5.74) is 5.72. The molecule has 0 saturated heterocycles. The summed E-state index contributed by atoms with van der Waals surface area (Å²) in [5, 5.41) is 2.89. The number of carbonyl (C=O) groups excluding carboxylic acids is 1. The number of benzene rings is 3. The highest BCUT2D eigenvalue weighted by Gasteiger charge is 2.17. The number of sulfone groups is 1. The Morgan fingerprint density at radius 1 is 0.793 bits per heavy atom. The Hall–Kier alpha value is -3.30. The number of rotatable bonds is 4. The van der Waals surface area contributed by atoms with Crippen molar-refractivity contribution in [1.82, 2.24) is 10.9 Å². The van der Waals surface area contributed by atoms with Gasteiger partial charge in [0.25, 0.3) is 5.91 Å². The number of nitrogens with one attached hydrogen (secondary N) is 3. The number of thiocarbonyl (C=S) groups is 1. The van der Waals surface area contributed by atoms with Crippen molar-refractivity contribution in [2.75, 3.05) is 5.32 Å². The Labute approximate surface area is 172 Å². The second-order valence-corrected chi connectivity index (χ2v) is 8.24. The van der Waals surface area contributed by atoms with E-state index >= 15 is 0 Å². The van der Waals surface area contributed by atoms with Crippen molar-refractivity contribution in [2.45, 2.75) is 9.79 Å². The summed E-state index contributed by atoms with van der Waals surface area (Å²) in [5.74, 6) is -0.877. The SMILES string of the molecule is O=C(NNC(=S)Nc1ccc(F)cc1)c1ccc(S(=O)(=O)c2ccccc2)cc1. The summed E-state index contributed by atoms with van der Waals surface area (Å²) < 4.78 is 38.0. The van der Waals surface area contributed by atoms with Gasteiger partial charge in [0.2, 0.25) is 9.84 Å². The summed E-state index contributed by atoms with van der Waals surface area (Å²) in [4.78, 5) is 12.5. The lowest BCUT2D eigenvalue weighted by atomic mass is 10.2. The molecular weight excluding hydrogens is 413 g/mol. The van der Waals surface area contributed by atoms with Crippen molar-refractivity contribution < 1.29 is 17.6 Å². The molecular formula is C20H16FN3O3S2. The van der Waals surface area contributed by atoms with Crippen molar-refractivity contribution in [3.05, 3.63) is 90.2 Å². The Kier molecular flexibility index (Phi) is 6.20. The van der Waals surface area contributed by atoms with Gasteiger partial charge in [-0.3, -0.25) is 15.6 Å². The van der Waals surface area contributed by atoms with Crippen molar-refractivity contribution in [2.24, 2.45) is 0 Å². The van der Waals surface area contributed by atoms with E-state index in [1.165, 1.54) is 60.7 Å². The number of carbonyl (C=O) groups is 1. The molecule has 0 fully saturated rings. The van der Waals surface area contributed by atoms with Crippen LogP contribution in [0.4, 0.5) is 10.1 Å². The molecule has 0 aliphatic rings. The first-order chi connectivity index (χ1) is 13.9. The maximum absolute atomic E-state index is 12.9. The molecule has 3 aromatic rings. The Morgan fingerprint density at radius 3 is 2.00 bits per heavy atom. The number of halogens is 1. The lowest BCUT2D eigenvalue weighted by Gasteiger charge is -2.12. The smallest absolute Gasteiger partial charge is 0.269 e. The minimum atomic E-state index is -3.65. The van der Waals surface area contributed by atoms with Gasteiger partial charge in [-0.05, 0) is 72.9 Å². The van der Waals surface area contributed by atoms with E-state index in [9.17, 15) is 17.6 Å². The molecule has 0 bridgehead atoms. The van der Waals surface area contributed by atoms with Gasteiger partial charge in [0, 0.05) is 11.3 Å². The summed E-state index contributed by atoms with van der Waals surface area (Å²) in [6, 6.07) is 19.1. The Morgan fingerprint density at radius 2 is 1.38 bits per heavy atom. The fourth-order valence-corrected chi connectivity index (χ4v) is 3.85. The number of hydrogen-bond acceptors (Lipinski definition) is 4. The molecule has 0 aliphatic carbocycles. The van der Waals surface area contributed by atoms with Crippen LogP contribution in [0.15, 0.2) is 88.7 Å². The number of hydrogen-bond donors (Lipinski definition) is 3. The van der Waals surface area contributed by atoms with Crippen LogP contribution >= 0.6 is 12.2 Å². The second-order valence-electron chi connectivity index (χ2n) is 5.88. The number of anilines is 1. The van der Waals surface area contributed by atoms with Crippen LogP contribution in [0.2, 0.25) is 0 Å². The van der Waals surface area contributed by atoms with E-state index in [1.807, 2.05) is 0 Å². The fraction of sp³-hybridized carbons (Fsp3) is 0. The zero-order valence-electron chi connectivity index (χ0n) is 14.9. The van der Waals surface area contributed by atoms with Crippen LogP contribution in [-0.2, 0) is 9.84 Å². The van der Waals surface area contributed by atoms with E-state index < -0.39 is 15.7 Å². The average molecular weight is 429 g/mol. The Bertz CT molecular complexity index is 1120. The van der Waals surface area contributed by atoms with E-state index in [-0.39, 0.29) is 26.3 Å². The molecule has 3 rings (SSSR count). The number of amides is 1. The van der Waals surface area contributed by atoms with Gasteiger partial charge >= 0.3 is 0 Å². The summed E-state index contributed by atoms with van der Waals surface area (Å²) in [6.07, 6.45) is 0. The van der Waals surface area contributed by atoms with Gasteiger partial charge in [0.1, 0.15) is 5.82 Å². The maximum atomic E-state index is 12.9. The fourth-order valence-electron chi connectivity index (χ4n) is 2.40. The van der Waals surface area contributed by atoms with Crippen LogP contribution in [-0.4, -0.2) is 19.4 Å². The molecule has 0 spiro atoms. The molecule has 0 unspecified atom stereocenters. The molecule has 3 N–H and O–H groups in total. The Balaban J connectivity index is 1.60. The van der Waals surface area contributed by atoms with Crippen molar-refractivity contribution in [3.8, 4) is 0 Å². The van der Waals surface area contributed by atoms with Crippen LogP contribution in [0.1, 0.15) is 10.4 Å². The van der Waals surface area contributed by atoms with E-state index in [1.54, 1.807) is 18.2 Å². The topological polar surface area (TPSA) is 87.3 Å². The third-order valence-corrected chi connectivity index (χ3v) is 5.86. The molecule has 0 aliphatic heterocycles. The van der Waals surface area contributed by atoms with E-state index in [4.69, 9.17) is 12.2 Å². The maximum Gasteiger partial charge on any atom is 0.269 e. The predicted molar refractivity (Wildman–Crippen MR) is 112 cm³/mol. The minimum absolute atomic E-state index is 0.0849. The highest BCUT2D eigenvalue weighted by atomic mass is 32.2. The first-order valence-corrected chi connectivity index (χ1v) is 10.3. The molecule has 29 heavy (non-hydrogen) atoms. The van der Waals surface area contributed by atoms with Crippen LogP contribution < -0.4 is 16.2 Å². The molecule has 148 valence electrons. The largest absolute Gasteiger partial charge is 0.331 e. The minimum Gasteiger partial charge on any atom is -0.331 e. The van der Waals surface area contributed by atoms with Gasteiger partial charge < -0.3 is 5.32 Å². The monoisotopic (exact) mass is 429 g/mol. The lowest BCUT2D eigenvalue weighted by molar-refractivity contribution is 0.0944. The van der Waals surface area contributed by atoms with Crippen LogP contribution in [0.5, 0.6) is 0 Å². The van der Waals surface area contributed by atoms with Gasteiger partial charge in [0.15, 0.2) is 5.11 Å². The van der Waals surface area contributed by atoms with E-state index in [2.05, 4.69) is 16.2 Å². The molecule has 0 radical (unpaired) electrons. The first-order valence-electron chi connectivity index (χ1n) is 8.39. The summed E-state index contributed by atoms with van der Waals surface area (Å²) >= 11 is 5.05. The second kappa shape index (κ2) is 8.80. The van der Waals surface area contributed by atoms with Gasteiger partial charge in [-0.15, -0.1) is 0 Å². The van der Waals surface area contributed by atoms with Crippen molar-refractivity contribution in [1.29, 1.82) is 0 Å². The van der Waals surface area contributed by atoms with Gasteiger partial charge in [-0.2, -0.15) is 0 Å². The third-order valence-electron chi connectivity index (χ3n) is 3.87. The predicted octanol–water partition coefficient (Wildman–Crippen LogP) is 3.29. The normalized spacial score (nSPS) is 10.8. The molecule has 0 aromatic heterocycles. The number of hydrazine groups is 1. The molecule has 3 aromatic carbocycles. The van der Waals surface area contributed by atoms with Gasteiger partial charge in [0.05, 0.1) is 9.79 Å². The van der Waals surface area contributed by atoms with E-state index in [0.717, 1.165) is 0 Å². The van der Waals surface area contributed by atoms with Crippen LogP contribution in [0.25, 0.3) is 0 Å². The quantitative estimate of drug-likeness (QED) is 0.436. The van der Waals surface area contributed by atoms with E-state index in [0.29, 0.717) is 5.69 Å². The van der Waals surface area contributed by atoms with Crippen LogP contribution in [0.3, 0.4) is 0 Å². The molecule has 1 amide bonds. The van der Waals surface area contributed by atoms with Gasteiger partial charge in [-0.1, -0.05) is 18.2 Å². The zero-order valence-corrected chi connectivity index (χ0v) is 16.6. The van der Waals surface area contributed by atoms with Crippen molar-refractivity contribution >= 4 is 38.8 Å². The van der Waals surface area contributed by atoms with Crippen LogP contribution in [0, 0.1) is 5.82 Å². The molecule has 0 saturated carbocycles. The van der Waals surface area contributed by atoms with Crippen molar-refractivity contribution in [3.63, 3.8) is 0 Å². The van der Waals surface area contributed by atoms with Gasteiger partial charge in [-0.25, -0.2) is 12.8 Å². The zero-order chi connectivity index (χ0) is 20.9. The standard InChI is InChI=1S/C20H16FN3O3S2/c21-15-8-10-16(11-9-15)22-20(28)24-23-19(25)14-6-12-18(13-7-14)29(26,27)17-4-2-1-3-5-17/h1-13H,(H,23,25)(H2,22,24,28). The first kappa shape index (κ1) is 20.4. The highest BCUT2D eigenvalue weighted by molar-refractivity contribution is 7.91. The molecule has 9 heteroatoms. The average Bonchev–Trinajstić information content (AvgIpc) is 2.74. The summed E-state index contributed by atoms with van der Waals surface area (Å²) in [6.45, 7) is 0. The lowest BCUT2D eigenvalue weighted by Crippen LogP contribution is -2.43. The summed E-state index contributed by atoms with van der Waals surface area (Å²) in [7, 11) is -3.65. The molecule has 0 heterocycles. The highest BCUT2D eigenvalue weighted by Crippen LogP contribution is 2.20. The molecule has 0 atom stereocenters. The molecule has 6 nitrogen and oxygen atoms in total. The third kappa shape index (κ3) is 5.15.